The summed E-state index contributed by atoms with van der Waals surface area (Å²) in [6, 6.07) is 0.277. The Morgan fingerprint density at radius 2 is 2.38 bits per heavy atom. The average molecular weight is 193 g/mol. The van der Waals surface area contributed by atoms with Crippen molar-refractivity contribution in [3.8, 4) is 0 Å². The van der Waals surface area contributed by atoms with Crippen molar-refractivity contribution in [2.24, 2.45) is 11.7 Å². The zero-order valence-corrected chi connectivity index (χ0v) is 8.63. The highest BCUT2D eigenvalue weighted by atomic mass is 32.2. The molecule has 2 N–H and O–H groups in total. The van der Waals surface area contributed by atoms with Crippen molar-refractivity contribution in [2.75, 3.05) is 0 Å². The van der Waals surface area contributed by atoms with E-state index < -0.39 is 0 Å². The number of hydrogen-bond acceptors (Lipinski definition) is 2. The van der Waals surface area contributed by atoms with E-state index in [9.17, 15) is 0 Å². The molecule has 1 aliphatic heterocycles. The molecule has 1 heterocycles. The van der Waals surface area contributed by atoms with Gasteiger partial charge >= 0.3 is 0 Å². The molecule has 2 rings (SSSR count). The van der Waals surface area contributed by atoms with Gasteiger partial charge in [0.15, 0.2) is 0 Å². The zero-order chi connectivity index (χ0) is 9.26. The van der Waals surface area contributed by atoms with Gasteiger partial charge in [0.05, 0.1) is 0 Å². The molecule has 1 aliphatic carbocycles. The molecule has 0 saturated heterocycles. The Hall–Kier alpha value is -0.470. The van der Waals surface area contributed by atoms with E-state index in [2.05, 4.69) is 36.6 Å². The van der Waals surface area contributed by atoms with Crippen molar-refractivity contribution in [1.29, 1.82) is 0 Å². The van der Waals surface area contributed by atoms with Gasteiger partial charge in [-0.1, -0.05) is 29.9 Å². The molecule has 13 heavy (non-hydrogen) atoms. The van der Waals surface area contributed by atoms with E-state index in [0.717, 1.165) is 6.42 Å². The monoisotopic (exact) mass is 193 g/mol. The Bertz CT molecular complexity index is 276. The van der Waals surface area contributed by atoms with Gasteiger partial charge in [-0.15, -0.1) is 11.8 Å². The van der Waals surface area contributed by atoms with Gasteiger partial charge in [0.2, 0.25) is 0 Å². The van der Waals surface area contributed by atoms with Crippen LogP contribution in [0.3, 0.4) is 0 Å². The maximum atomic E-state index is 5.81. The highest BCUT2D eigenvalue weighted by molar-refractivity contribution is 8.03. The second-order valence-corrected chi connectivity index (χ2v) is 4.82. The van der Waals surface area contributed by atoms with Gasteiger partial charge in [-0.3, -0.25) is 0 Å². The summed E-state index contributed by atoms with van der Waals surface area (Å²) in [5, 5.41) is 2.84. The first-order valence-corrected chi connectivity index (χ1v) is 5.66. The highest BCUT2D eigenvalue weighted by Crippen LogP contribution is 2.39. The molecule has 1 nitrogen and oxygen atoms in total. The van der Waals surface area contributed by atoms with Crippen LogP contribution in [0.5, 0.6) is 0 Å². The number of allylic oxidation sites excluding steroid dienone is 4. The van der Waals surface area contributed by atoms with Crippen LogP contribution in [0.2, 0.25) is 0 Å². The Kier molecular flexibility index (Phi) is 2.61. The molecular weight excluding hydrogens is 178 g/mol. The first kappa shape index (κ1) is 9.10. The lowest BCUT2D eigenvalue weighted by atomic mass is 9.90. The summed E-state index contributed by atoms with van der Waals surface area (Å²) in [5.74, 6) is 0.615. The summed E-state index contributed by atoms with van der Waals surface area (Å²) in [6.45, 7) is 2.07. The molecule has 2 heteroatoms. The van der Waals surface area contributed by atoms with Crippen LogP contribution in [0.15, 0.2) is 35.3 Å². The van der Waals surface area contributed by atoms with Crippen LogP contribution in [0, 0.1) is 5.92 Å². The lowest BCUT2D eigenvalue weighted by molar-refractivity contribution is 0.681. The Morgan fingerprint density at radius 1 is 1.54 bits per heavy atom. The first-order chi connectivity index (χ1) is 6.27. The van der Waals surface area contributed by atoms with E-state index in [0.29, 0.717) is 11.2 Å². The highest BCUT2D eigenvalue weighted by Gasteiger charge is 2.26. The Morgan fingerprint density at radius 3 is 3.15 bits per heavy atom. The first-order valence-electron chi connectivity index (χ1n) is 4.72. The Balaban J connectivity index is 2.10. The second-order valence-electron chi connectivity index (χ2n) is 3.77. The molecule has 0 fully saturated rings. The number of hydrogen-bond donors (Lipinski definition) is 1. The van der Waals surface area contributed by atoms with Gasteiger partial charge in [-0.25, -0.2) is 0 Å². The standard InChI is InChI=1S/C11H15NS/c1-8(12)7-10-4-2-3-9-5-6-13-11(9)10/h2-6,8-9,11H,7,12H2,1H3. The van der Waals surface area contributed by atoms with Crippen LogP contribution in [-0.4, -0.2) is 11.3 Å². The van der Waals surface area contributed by atoms with E-state index in [4.69, 9.17) is 5.73 Å². The molecule has 70 valence electrons. The van der Waals surface area contributed by atoms with Crippen LogP contribution < -0.4 is 5.73 Å². The van der Waals surface area contributed by atoms with Crippen LogP contribution in [0.4, 0.5) is 0 Å². The molecule has 0 spiro atoms. The minimum Gasteiger partial charge on any atom is -0.328 e. The number of thioether (sulfide) groups is 1. The fourth-order valence-electron chi connectivity index (χ4n) is 1.87. The molecule has 0 saturated carbocycles. The molecule has 0 bridgehead atoms. The summed E-state index contributed by atoms with van der Waals surface area (Å²) in [7, 11) is 0. The van der Waals surface area contributed by atoms with Crippen molar-refractivity contribution < 1.29 is 0 Å². The molecule has 2 aliphatic rings. The topological polar surface area (TPSA) is 26.0 Å². The predicted octanol–water partition coefficient (Wildman–Crippen LogP) is 2.47. The third-order valence-electron chi connectivity index (χ3n) is 2.44. The third-order valence-corrected chi connectivity index (χ3v) is 3.67. The van der Waals surface area contributed by atoms with E-state index in [-0.39, 0.29) is 6.04 Å². The lowest BCUT2D eigenvalue weighted by Crippen LogP contribution is -2.22. The maximum Gasteiger partial charge on any atom is 0.0399 e. The lowest BCUT2D eigenvalue weighted by Gasteiger charge is -2.23. The van der Waals surface area contributed by atoms with Gasteiger partial charge in [0.25, 0.3) is 0 Å². The van der Waals surface area contributed by atoms with Gasteiger partial charge in [0.1, 0.15) is 0 Å². The fraction of sp³-hybridized carbons (Fsp3) is 0.455. The van der Waals surface area contributed by atoms with E-state index in [1.807, 2.05) is 11.8 Å². The average Bonchev–Trinajstić information content (AvgIpc) is 2.51. The van der Waals surface area contributed by atoms with Gasteiger partial charge in [0, 0.05) is 17.2 Å². The number of fused-ring (bicyclic) bond motifs is 1. The third kappa shape index (κ3) is 1.89. The predicted molar refractivity (Wildman–Crippen MR) is 59.5 cm³/mol. The molecule has 0 aromatic carbocycles. The largest absolute Gasteiger partial charge is 0.328 e. The molecule has 0 aromatic heterocycles. The van der Waals surface area contributed by atoms with E-state index in [1.54, 1.807) is 0 Å². The molecule has 3 atom stereocenters. The number of nitrogens with two attached hydrogens (primary N) is 1. The molecular formula is C11H15NS. The Labute approximate surface area is 83.8 Å². The van der Waals surface area contributed by atoms with Crippen molar-refractivity contribution in [3.63, 3.8) is 0 Å². The smallest absolute Gasteiger partial charge is 0.0399 e. The second kappa shape index (κ2) is 3.72. The molecule has 0 amide bonds. The van der Waals surface area contributed by atoms with Crippen LogP contribution in [0.25, 0.3) is 0 Å². The maximum absolute atomic E-state index is 5.81. The van der Waals surface area contributed by atoms with E-state index >= 15 is 0 Å². The van der Waals surface area contributed by atoms with Crippen molar-refractivity contribution in [2.45, 2.75) is 24.6 Å². The fourth-order valence-corrected chi connectivity index (χ4v) is 3.02. The van der Waals surface area contributed by atoms with E-state index in [1.165, 1.54) is 5.57 Å². The minimum absolute atomic E-state index is 0.277. The summed E-state index contributed by atoms with van der Waals surface area (Å²) in [5.41, 5.74) is 7.31. The normalized spacial score (nSPS) is 32.9. The summed E-state index contributed by atoms with van der Waals surface area (Å²) in [4.78, 5) is 0. The van der Waals surface area contributed by atoms with Crippen LogP contribution >= 0.6 is 11.8 Å². The number of rotatable bonds is 2. The van der Waals surface area contributed by atoms with Crippen LogP contribution in [0.1, 0.15) is 13.3 Å². The van der Waals surface area contributed by atoms with Gasteiger partial charge in [-0.2, -0.15) is 0 Å². The quantitative estimate of drug-likeness (QED) is 0.729. The van der Waals surface area contributed by atoms with Crippen molar-refractivity contribution in [3.05, 3.63) is 35.3 Å². The van der Waals surface area contributed by atoms with Gasteiger partial charge in [-0.05, 0) is 18.8 Å². The van der Waals surface area contributed by atoms with Gasteiger partial charge < -0.3 is 5.73 Å². The zero-order valence-electron chi connectivity index (χ0n) is 7.81. The van der Waals surface area contributed by atoms with Crippen molar-refractivity contribution >= 4 is 11.8 Å². The molecule has 0 radical (unpaired) electrons. The molecule has 0 aromatic rings. The molecule has 3 unspecified atom stereocenters. The SMILES string of the molecule is CC(N)CC1=CC=CC2C=CSC12. The minimum atomic E-state index is 0.277. The summed E-state index contributed by atoms with van der Waals surface area (Å²) >= 11 is 1.92. The van der Waals surface area contributed by atoms with Crippen LogP contribution in [-0.2, 0) is 0 Å². The summed E-state index contributed by atoms with van der Waals surface area (Å²) in [6.07, 6.45) is 9.96. The van der Waals surface area contributed by atoms with Crippen molar-refractivity contribution in [1.82, 2.24) is 0 Å². The summed E-state index contributed by atoms with van der Waals surface area (Å²) < 4.78 is 0.